The van der Waals surface area contributed by atoms with Crippen molar-refractivity contribution in [1.29, 1.82) is 0 Å². The second-order valence-electron chi connectivity index (χ2n) is 7.08. The van der Waals surface area contributed by atoms with Crippen LogP contribution >= 0.6 is 22.9 Å². The summed E-state index contributed by atoms with van der Waals surface area (Å²) in [4.78, 5) is 17.7. The highest BCUT2D eigenvalue weighted by molar-refractivity contribution is 7.89. The van der Waals surface area contributed by atoms with Crippen LogP contribution in [-0.2, 0) is 16.6 Å². The van der Waals surface area contributed by atoms with E-state index in [4.69, 9.17) is 18.0 Å². The Balaban J connectivity index is 1.94. The summed E-state index contributed by atoms with van der Waals surface area (Å²) in [5.41, 5.74) is 1.14. The standard InChI is InChI=1S/C23H24ClN3O3S2/c1-4-7-15-26(6-3)32(29,30)19-11-8-17(9-12-19)22(28)25-23-27(14-5-2)20-13-10-18(24)16-21(20)31-23/h2,8-13,16H,4,6-7,14-15H2,1,3H3. The quantitative estimate of drug-likeness (QED) is 0.436. The van der Waals surface area contributed by atoms with Crippen LogP contribution in [0.4, 0.5) is 0 Å². The molecule has 3 rings (SSSR count). The average molecular weight is 490 g/mol. The van der Waals surface area contributed by atoms with Gasteiger partial charge in [0.05, 0.1) is 21.7 Å². The number of thiazole rings is 1. The van der Waals surface area contributed by atoms with E-state index < -0.39 is 15.9 Å². The summed E-state index contributed by atoms with van der Waals surface area (Å²) >= 11 is 7.39. The summed E-state index contributed by atoms with van der Waals surface area (Å²) in [6.45, 7) is 4.95. The predicted molar refractivity (Wildman–Crippen MR) is 129 cm³/mol. The van der Waals surface area contributed by atoms with Crippen LogP contribution < -0.4 is 4.80 Å². The van der Waals surface area contributed by atoms with Crippen LogP contribution in [0.25, 0.3) is 10.2 Å². The molecular weight excluding hydrogens is 466 g/mol. The molecule has 1 aromatic heterocycles. The van der Waals surface area contributed by atoms with Crippen LogP contribution in [0.2, 0.25) is 5.02 Å². The minimum atomic E-state index is -3.61. The van der Waals surface area contributed by atoms with Gasteiger partial charge in [-0.05, 0) is 48.9 Å². The Morgan fingerprint density at radius 2 is 1.94 bits per heavy atom. The Bertz CT molecular complexity index is 1330. The summed E-state index contributed by atoms with van der Waals surface area (Å²) in [5, 5.41) is 0.585. The number of benzene rings is 2. The van der Waals surface area contributed by atoms with E-state index >= 15 is 0 Å². The van der Waals surface area contributed by atoms with Gasteiger partial charge in [-0.2, -0.15) is 9.30 Å². The number of hydrogen-bond acceptors (Lipinski definition) is 4. The lowest BCUT2D eigenvalue weighted by Crippen LogP contribution is -2.31. The maximum atomic E-state index is 12.9. The molecule has 0 aliphatic heterocycles. The van der Waals surface area contributed by atoms with E-state index in [-0.39, 0.29) is 11.4 Å². The van der Waals surface area contributed by atoms with E-state index in [2.05, 4.69) is 10.9 Å². The number of unbranched alkanes of at least 4 members (excludes halogenated alkanes) is 1. The molecule has 2 aromatic carbocycles. The van der Waals surface area contributed by atoms with Gasteiger partial charge in [-0.1, -0.05) is 49.1 Å². The fourth-order valence-electron chi connectivity index (χ4n) is 3.23. The molecule has 0 saturated carbocycles. The van der Waals surface area contributed by atoms with Crippen LogP contribution in [0.5, 0.6) is 0 Å². The van der Waals surface area contributed by atoms with Crippen molar-refractivity contribution in [3.05, 3.63) is 57.9 Å². The molecule has 0 N–H and O–H groups in total. The lowest BCUT2D eigenvalue weighted by atomic mass is 10.2. The van der Waals surface area contributed by atoms with E-state index in [9.17, 15) is 13.2 Å². The van der Waals surface area contributed by atoms with Crippen LogP contribution in [0.15, 0.2) is 52.4 Å². The normalized spacial score (nSPS) is 12.4. The number of rotatable bonds is 8. The van der Waals surface area contributed by atoms with Crippen molar-refractivity contribution in [2.45, 2.75) is 38.1 Å². The van der Waals surface area contributed by atoms with Gasteiger partial charge in [-0.15, -0.1) is 6.42 Å². The van der Waals surface area contributed by atoms with Crippen molar-refractivity contribution in [1.82, 2.24) is 8.87 Å². The number of carbonyl (C=O) groups is 1. The number of amides is 1. The summed E-state index contributed by atoms with van der Waals surface area (Å²) in [6, 6.07) is 11.3. The Hall–Kier alpha value is -2.44. The molecule has 0 saturated heterocycles. The second-order valence-corrected chi connectivity index (χ2v) is 10.5. The minimum Gasteiger partial charge on any atom is -0.305 e. The molecule has 1 heterocycles. The molecule has 0 fully saturated rings. The van der Waals surface area contributed by atoms with Gasteiger partial charge in [0.15, 0.2) is 4.80 Å². The van der Waals surface area contributed by atoms with Crippen molar-refractivity contribution >= 4 is 49.1 Å². The van der Waals surface area contributed by atoms with Gasteiger partial charge in [0.2, 0.25) is 10.0 Å². The Morgan fingerprint density at radius 1 is 1.22 bits per heavy atom. The van der Waals surface area contributed by atoms with E-state index in [1.807, 2.05) is 19.9 Å². The van der Waals surface area contributed by atoms with E-state index in [0.717, 1.165) is 23.1 Å². The molecule has 32 heavy (non-hydrogen) atoms. The Morgan fingerprint density at radius 3 is 2.56 bits per heavy atom. The number of aromatic nitrogens is 1. The molecule has 6 nitrogen and oxygen atoms in total. The van der Waals surface area contributed by atoms with Gasteiger partial charge in [-0.3, -0.25) is 4.79 Å². The van der Waals surface area contributed by atoms with Crippen molar-refractivity contribution in [3.63, 3.8) is 0 Å². The largest absolute Gasteiger partial charge is 0.305 e. The molecule has 0 radical (unpaired) electrons. The lowest BCUT2D eigenvalue weighted by molar-refractivity contribution is 0.0998. The van der Waals surface area contributed by atoms with Crippen LogP contribution in [-0.4, -0.2) is 36.3 Å². The van der Waals surface area contributed by atoms with Crippen LogP contribution in [0.3, 0.4) is 0 Å². The maximum Gasteiger partial charge on any atom is 0.279 e. The highest BCUT2D eigenvalue weighted by atomic mass is 35.5. The molecule has 0 aliphatic carbocycles. The first kappa shape index (κ1) is 24.2. The third kappa shape index (κ3) is 5.13. The van der Waals surface area contributed by atoms with Gasteiger partial charge >= 0.3 is 0 Å². The number of carbonyl (C=O) groups excluding carboxylic acids is 1. The lowest BCUT2D eigenvalue weighted by Gasteiger charge is -2.20. The average Bonchev–Trinajstić information content (AvgIpc) is 3.10. The van der Waals surface area contributed by atoms with Gasteiger partial charge in [-0.25, -0.2) is 8.42 Å². The number of hydrogen-bond donors (Lipinski definition) is 0. The number of nitrogens with zero attached hydrogens (tertiary/aromatic N) is 3. The highest BCUT2D eigenvalue weighted by Crippen LogP contribution is 2.22. The zero-order valence-corrected chi connectivity index (χ0v) is 20.3. The Labute approximate surface area is 197 Å². The zero-order valence-electron chi connectivity index (χ0n) is 17.9. The smallest absolute Gasteiger partial charge is 0.279 e. The highest BCUT2D eigenvalue weighted by Gasteiger charge is 2.22. The molecule has 0 unspecified atom stereocenters. The Kier molecular flexibility index (Phi) is 7.91. The summed E-state index contributed by atoms with van der Waals surface area (Å²) in [5.74, 6) is 2.10. The number of fused-ring (bicyclic) bond motifs is 1. The maximum absolute atomic E-state index is 12.9. The first-order valence-electron chi connectivity index (χ1n) is 10.2. The van der Waals surface area contributed by atoms with Gasteiger partial charge in [0.25, 0.3) is 5.91 Å². The molecule has 3 aromatic rings. The SMILES string of the molecule is C#CCn1c(=NC(=O)c2ccc(S(=O)(=O)N(CC)CCCC)cc2)sc2cc(Cl)ccc21. The predicted octanol–water partition coefficient (Wildman–Crippen LogP) is 4.54. The monoisotopic (exact) mass is 489 g/mol. The van der Waals surface area contributed by atoms with E-state index in [1.54, 1.807) is 16.7 Å². The molecule has 168 valence electrons. The van der Waals surface area contributed by atoms with E-state index in [0.29, 0.717) is 28.5 Å². The molecule has 0 bridgehead atoms. The van der Waals surface area contributed by atoms with Crippen LogP contribution in [0.1, 0.15) is 37.0 Å². The van der Waals surface area contributed by atoms with Crippen LogP contribution in [0, 0.1) is 12.3 Å². The molecule has 1 amide bonds. The van der Waals surface area contributed by atoms with E-state index in [1.165, 1.54) is 39.9 Å². The van der Waals surface area contributed by atoms with Crippen molar-refractivity contribution in [2.24, 2.45) is 4.99 Å². The number of terminal acetylenes is 1. The molecule has 0 aliphatic rings. The first-order chi connectivity index (χ1) is 15.3. The summed E-state index contributed by atoms with van der Waals surface area (Å²) in [6.07, 6.45) is 7.19. The third-order valence-corrected chi connectivity index (χ3v) is 8.21. The first-order valence-corrected chi connectivity index (χ1v) is 12.9. The van der Waals surface area contributed by atoms with Gasteiger partial charge in [0, 0.05) is 23.7 Å². The van der Waals surface area contributed by atoms with Crippen molar-refractivity contribution in [3.8, 4) is 12.3 Å². The van der Waals surface area contributed by atoms with Gasteiger partial charge < -0.3 is 4.57 Å². The van der Waals surface area contributed by atoms with Crippen molar-refractivity contribution in [2.75, 3.05) is 13.1 Å². The van der Waals surface area contributed by atoms with Crippen molar-refractivity contribution < 1.29 is 13.2 Å². The number of sulfonamides is 1. The number of halogens is 1. The molecule has 0 atom stereocenters. The fourth-order valence-corrected chi connectivity index (χ4v) is 6.02. The fraction of sp³-hybridized carbons (Fsp3) is 0.304. The molecule has 0 spiro atoms. The molecule has 9 heteroatoms. The third-order valence-electron chi connectivity index (χ3n) is 4.94. The minimum absolute atomic E-state index is 0.158. The second kappa shape index (κ2) is 10.5. The molecular formula is C23H24ClN3O3S2. The topological polar surface area (TPSA) is 71.7 Å². The zero-order chi connectivity index (χ0) is 23.3. The summed E-state index contributed by atoms with van der Waals surface area (Å²) in [7, 11) is -3.61. The van der Waals surface area contributed by atoms with Gasteiger partial charge in [0.1, 0.15) is 0 Å². The summed E-state index contributed by atoms with van der Waals surface area (Å²) < 4.78 is 29.8.